The van der Waals surface area contributed by atoms with E-state index in [-0.39, 0.29) is 12.5 Å². The molecule has 0 atom stereocenters. The second-order valence-electron chi connectivity index (χ2n) is 7.97. The van der Waals surface area contributed by atoms with Gasteiger partial charge in [-0.2, -0.15) is 0 Å². The molecule has 1 aromatic heterocycles. The zero-order chi connectivity index (χ0) is 21.8. The van der Waals surface area contributed by atoms with E-state index in [2.05, 4.69) is 28.2 Å². The first-order chi connectivity index (χ1) is 15.8. The van der Waals surface area contributed by atoms with Gasteiger partial charge in [0.2, 0.25) is 0 Å². The number of fused-ring (bicyclic) bond motifs is 1. The van der Waals surface area contributed by atoms with Gasteiger partial charge in [0.1, 0.15) is 11.6 Å². The van der Waals surface area contributed by atoms with E-state index >= 15 is 0 Å². The number of ether oxygens (including phenoxy) is 1. The Bertz CT molecular complexity index is 1190. The number of benzene rings is 3. The lowest BCUT2D eigenvalue weighted by Gasteiger charge is -2.11. The highest BCUT2D eigenvalue weighted by Gasteiger charge is 2.16. The lowest BCUT2D eigenvalue weighted by molar-refractivity contribution is -0.118. The second-order valence-corrected chi connectivity index (χ2v) is 7.97. The highest BCUT2D eigenvalue weighted by atomic mass is 16.5. The Kier molecular flexibility index (Phi) is 5.71. The molecule has 1 N–H and O–H groups in total. The maximum absolute atomic E-state index is 12.6. The molecule has 5 rings (SSSR count). The third-order valence-corrected chi connectivity index (χ3v) is 5.72. The molecule has 1 aliphatic rings. The molecule has 4 aromatic rings. The van der Waals surface area contributed by atoms with Crippen molar-refractivity contribution in [2.75, 3.05) is 11.9 Å². The molecular formula is C27H25N3O2. The lowest BCUT2D eigenvalue weighted by Crippen LogP contribution is -2.20. The van der Waals surface area contributed by atoms with Crippen molar-refractivity contribution in [1.29, 1.82) is 0 Å². The van der Waals surface area contributed by atoms with Crippen LogP contribution in [0.2, 0.25) is 0 Å². The standard InChI is InChI=1S/C27H25N3O2/c31-27(19-32-22-15-13-21(14-16-22)20-8-2-1-3-9-20)29-24-11-5-4-10-23(24)25-18-30-17-7-6-12-26(30)28-25/h1-5,8-11,13-16,18H,6-7,12,17,19H2,(H,29,31). The van der Waals surface area contributed by atoms with Gasteiger partial charge in [-0.05, 0) is 42.2 Å². The number of carbonyl (C=O) groups is 1. The van der Waals surface area contributed by atoms with Gasteiger partial charge in [0, 0.05) is 24.7 Å². The summed E-state index contributed by atoms with van der Waals surface area (Å²) in [6.07, 6.45) is 5.46. The normalized spacial score (nSPS) is 12.8. The molecule has 0 bridgehead atoms. The first kappa shape index (κ1) is 20.1. The van der Waals surface area contributed by atoms with E-state index in [4.69, 9.17) is 9.72 Å². The van der Waals surface area contributed by atoms with Crippen molar-refractivity contribution in [3.63, 3.8) is 0 Å². The van der Waals surface area contributed by atoms with Crippen molar-refractivity contribution in [3.8, 4) is 28.1 Å². The lowest BCUT2D eigenvalue weighted by atomic mass is 10.1. The third kappa shape index (κ3) is 4.42. The van der Waals surface area contributed by atoms with E-state index in [9.17, 15) is 4.79 Å². The Morgan fingerprint density at radius 1 is 0.906 bits per heavy atom. The summed E-state index contributed by atoms with van der Waals surface area (Å²) in [5, 5.41) is 2.98. The topological polar surface area (TPSA) is 56.1 Å². The fourth-order valence-corrected chi connectivity index (χ4v) is 4.07. The molecule has 0 spiro atoms. The number of imidazole rings is 1. The van der Waals surface area contributed by atoms with Gasteiger partial charge in [-0.25, -0.2) is 4.98 Å². The van der Waals surface area contributed by atoms with E-state index in [1.54, 1.807) is 0 Å². The van der Waals surface area contributed by atoms with Gasteiger partial charge >= 0.3 is 0 Å². The van der Waals surface area contributed by atoms with Crippen LogP contribution in [0.4, 0.5) is 5.69 Å². The molecule has 0 fully saturated rings. The average molecular weight is 424 g/mol. The van der Waals surface area contributed by atoms with E-state index < -0.39 is 0 Å². The number of nitrogens with zero attached hydrogens (tertiary/aromatic N) is 2. The molecule has 2 heterocycles. The Hall–Kier alpha value is -3.86. The Morgan fingerprint density at radius 3 is 2.47 bits per heavy atom. The minimum Gasteiger partial charge on any atom is -0.484 e. The van der Waals surface area contributed by atoms with Crippen LogP contribution in [0.15, 0.2) is 85.1 Å². The number of anilines is 1. The quantitative estimate of drug-likeness (QED) is 0.441. The van der Waals surface area contributed by atoms with Crippen molar-refractivity contribution in [2.45, 2.75) is 25.8 Å². The summed E-state index contributed by atoms with van der Waals surface area (Å²) in [5.41, 5.74) is 4.83. The summed E-state index contributed by atoms with van der Waals surface area (Å²) in [6, 6.07) is 25.7. The van der Waals surface area contributed by atoms with E-state index in [1.807, 2.05) is 66.7 Å². The number of aryl methyl sites for hydroxylation is 2. The number of para-hydroxylation sites is 1. The summed E-state index contributed by atoms with van der Waals surface area (Å²) < 4.78 is 7.93. The molecule has 1 aliphatic heterocycles. The summed E-state index contributed by atoms with van der Waals surface area (Å²) in [4.78, 5) is 17.4. The Morgan fingerprint density at radius 2 is 1.66 bits per heavy atom. The monoisotopic (exact) mass is 423 g/mol. The number of nitrogens with one attached hydrogen (secondary N) is 1. The largest absolute Gasteiger partial charge is 0.484 e. The fourth-order valence-electron chi connectivity index (χ4n) is 4.07. The van der Waals surface area contributed by atoms with Gasteiger partial charge in [-0.15, -0.1) is 0 Å². The zero-order valence-electron chi connectivity index (χ0n) is 17.8. The van der Waals surface area contributed by atoms with Crippen LogP contribution in [0, 0.1) is 0 Å². The minimum absolute atomic E-state index is 0.0568. The summed E-state index contributed by atoms with van der Waals surface area (Å²) in [6.45, 7) is 0.951. The highest BCUT2D eigenvalue weighted by Crippen LogP contribution is 2.29. The maximum atomic E-state index is 12.6. The van der Waals surface area contributed by atoms with E-state index in [1.165, 1.54) is 12.8 Å². The molecule has 1 amide bonds. The number of carbonyl (C=O) groups excluding carboxylic acids is 1. The third-order valence-electron chi connectivity index (χ3n) is 5.72. The molecule has 5 nitrogen and oxygen atoms in total. The predicted molar refractivity (Wildman–Crippen MR) is 127 cm³/mol. The molecule has 5 heteroatoms. The van der Waals surface area contributed by atoms with Crippen LogP contribution >= 0.6 is 0 Å². The van der Waals surface area contributed by atoms with Gasteiger partial charge in [0.25, 0.3) is 5.91 Å². The molecule has 0 aliphatic carbocycles. The van der Waals surface area contributed by atoms with Crippen LogP contribution < -0.4 is 10.1 Å². The van der Waals surface area contributed by atoms with Crippen LogP contribution in [0.3, 0.4) is 0 Å². The first-order valence-corrected chi connectivity index (χ1v) is 11.0. The summed E-state index contributed by atoms with van der Waals surface area (Å²) in [5.74, 6) is 1.58. The Labute approximate surface area is 187 Å². The smallest absolute Gasteiger partial charge is 0.262 e. The van der Waals surface area contributed by atoms with Crippen LogP contribution in [0.5, 0.6) is 5.75 Å². The van der Waals surface area contributed by atoms with Crippen molar-refractivity contribution in [3.05, 3.63) is 90.9 Å². The first-order valence-electron chi connectivity index (χ1n) is 11.0. The van der Waals surface area contributed by atoms with Crippen molar-refractivity contribution in [2.24, 2.45) is 0 Å². The van der Waals surface area contributed by atoms with Crippen molar-refractivity contribution < 1.29 is 9.53 Å². The number of hydrogen-bond acceptors (Lipinski definition) is 3. The van der Waals surface area contributed by atoms with Gasteiger partial charge in [-0.3, -0.25) is 4.79 Å². The highest BCUT2D eigenvalue weighted by molar-refractivity contribution is 5.95. The summed E-state index contributed by atoms with van der Waals surface area (Å²) >= 11 is 0. The average Bonchev–Trinajstić information content (AvgIpc) is 3.28. The number of hydrogen-bond donors (Lipinski definition) is 1. The van der Waals surface area contributed by atoms with Crippen LogP contribution in [0.1, 0.15) is 18.7 Å². The SMILES string of the molecule is O=C(COc1ccc(-c2ccccc2)cc1)Nc1ccccc1-c1cn2c(n1)CCCC2. The zero-order valence-corrected chi connectivity index (χ0v) is 17.8. The molecule has 0 saturated carbocycles. The fraction of sp³-hybridized carbons (Fsp3) is 0.185. The molecule has 160 valence electrons. The predicted octanol–water partition coefficient (Wildman–Crippen LogP) is 5.57. The van der Waals surface area contributed by atoms with Gasteiger partial charge in [-0.1, -0.05) is 60.7 Å². The number of aromatic nitrogens is 2. The van der Waals surface area contributed by atoms with Crippen molar-refractivity contribution in [1.82, 2.24) is 9.55 Å². The molecular weight excluding hydrogens is 398 g/mol. The van der Waals surface area contributed by atoms with Gasteiger partial charge < -0.3 is 14.6 Å². The molecule has 0 saturated heterocycles. The molecule has 3 aromatic carbocycles. The van der Waals surface area contributed by atoms with Gasteiger partial charge in [0.05, 0.1) is 11.4 Å². The van der Waals surface area contributed by atoms with E-state index in [0.717, 1.165) is 46.9 Å². The number of amides is 1. The van der Waals surface area contributed by atoms with Crippen LogP contribution in [0.25, 0.3) is 22.4 Å². The second kappa shape index (κ2) is 9.10. The Balaban J connectivity index is 1.24. The van der Waals surface area contributed by atoms with Crippen molar-refractivity contribution >= 4 is 11.6 Å². The van der Waals surface area contributed by atoms with Gasteiger partial charge in [0.15, 0.2) is 6.61 Å². The number of rotatable bonds is 6. The van der Waals surface area contributed by atoms with Crippen LogP contribution in [-0.4, -0.2) is 22.1 Å². The molecule has 32 heavy (non-hydrogen) atoms. The van der Waals surface area contributed by atoms with E-state index in [0.29, 0.717) is 5.75 Å². The maximum Gasteiger partial charge on any atom is 0.262 e. The van der Waals surface area contributed by atoms with Crippen LogP contribution in [-0.2, 0) is 17.8 Å². The summed E-state index contributed by atoms with van der Waals surface area (Å²) in [7, 11) is 0. The molecule has 0 unspecified atom stereocenters. The molecule has 0 radical (unpaired) electrons. The minimum atomic E-state index is -0.200.